The van der Waals surface area contributed by atoms with Gasteiger partial charge in [0.25, 0.3) is 5.91 Å². The fourth-order valence-corrected chi connectivity index (χ4v) is 2.31. The van der Waals surface area contributed by atoms with E-state index in [1.165, 1.54) is 30.5 Å². The van der Waals surface area contributed by atoms with Crippen molar-refractivity contribution in [1.82, 2.24) is 5.43 Å². The molecule has 0 aliphatic rings. The predicted molar refractivity (Wildman–Crippen MR) is 91.0 cm³/mol. The molecule has 0 aliphatic heterocycles. The second kappa shape index (κ2) is 8.77. The third-order valence-electron chi connectivity index (χ3n) is 2.70. The van der Waals surface area contributed by atoms with Crippen LogP contribution in [0.2, 0.25) is 5.02 Å². The average Bonchev–Trinajstić information content (AvgIpc) is 2.55. The van der Waals surface area contributed by atoms with Crippen LogP contribution >= 0.6 is 23.4 Å². The van der Waals surface area contributed by atoms with Gasteiger partial charge in [0.05, 0.1) is 6.21 Å². The molecule has 4 nitrogen and oxygen atoms in total. The molecule has 0 atom stereocenters. The Hall–Kier alpha value is -2.19. The molecule has 0 heterocycles. The summed E-state index contributed by atoms with van der Waals surface area (Å²) in [4.78, 5) is 11.6. The summed E-state index contributed by atoms with van der Waals surface area (Å²) >= 11 is 5.53. The molecule has 2 aromatic rings. The monoisotopic (exact) mass is 388 g/mol. The molecule has 2 rings (SSSR count). The lowest BCUT2D eigenvalue weighted by Gasteiger charge is -2.07. The van der Waals surface area contributed by atoms with Gasteiger partial charge in [0.15, 0.2) is 6.61 Å². The summed E-state index contributed by atoms with van der Waals surface area (Å²) in [5.41, 5.74) is -1.31. The maximum absolute atomic E-state index is 12.2. The molecule has 1 amide bonds. The minimum absolute atomic E-state index is 0.0388. The number of hydrazone groups is 1. The van der Waals surface area contributed by atoms with Gasteiger partial charge < -0.3 is 4.74 Å². The van der Waals surface area contributed by atoms with E-state index in [1.54, 1.807) is 24.3 Å². The van der Waals surface area contributed by atoms with Crippen molar-refractivity contribution in [3.05, 3.63) is 59.1 Å². The molecule has 0 fully saturated rings. The van der Waals surface area contributed by atoms with E-state index in [9.17, 15) is 18.0 Å². The number of nitrogens with zero attached hydrogens (tertiary/aromatic N) is 1. The van der Waals surface area contributed by atoms with E-state index in [1.807, 2.05) is 0 Å². The van der Waals surface area contributed by atoms with E-state index in [2.05, 4.69) is 10.5 Å². The molecule has 2 aromatic carbocycles. The lowest BCUT2D eigenvalue weighted by atomic mass is 10.2. The van der Waals surface area contributed by atoms with Crippen LogP contribution in [-0.2, 0) is 4.79 Å². The SMILES string of the molecule is O=C(COc1ccc(SC(F)(F)F)cc1)NN=Cc1ccc(Cl)cc1. The van der Waals surface area contributed by atoms with Crippen LogP contribution in [0.15, 0.2) is 58.5 Å². The van der Waals surface area contributed by atoms with E-state index in [0.29, 0.717) is 5.02 Å². The molecule has 132 valence electrons. The molecule has 0 saturated heterocycles. The first-order chi connectivity index (χ1) is 11.8. The third-order valence-corrected chi connectivity index (χ3v) is 3.69. The number of nitrogens with one attached hydrogen (secondary N) is 1. The van der Waals surface area contributed by atoms with Crippen molar-refractivity contribution in [3.63, 3.8) is 0 Å². The molecule has 0 spiro atoms. The van der Waals surface area contributed by atoms with Crippen molar-refractivity contribution in [2.24, 2.45) is 5.10 Å². The van der Waals surface area contributed by atoms with Crippen LogP contribution in [0.25, 0.3) is 0 Å². The van der Waals surface area contributed by atoms with Crippen LogP contribution in [0.1, 0.15) is 5.56 Å². The molecule has 0 saturated carbocycles. The highest BCUT2D eigenvalue weighted by molar-refractivity contribution is 8.00. The van der Waals surface area contributed by atoms with Gasteiger partial charge in [0.1, 0.15) is 5.75 Å². The second-order valence-corrected chi connectivity index (χ2v) is 6.23. The van der Waals surface area contributed by atoms with Crippen LogP contribution in [0.5, 0.6) is 5.75 Å². The predicted octanol–water partition coefficient (Wildman–Crippen LogP) is 4.48. The summed E-state index contributed by atoms with van der Waals surface area (Å²) < 4.78 is 41.8. The Morgan fingerprint density at radius 2 is 1.80 bits per heavy atom. The minimum atomic E-state index is -4.34. The van der Waals surface area contributed by atoms with Gasteiger partial charge in [-0.2, -0.15) is 18.3 Å². The van der Waals surface area contributed by atoms with Crippen molar-refractivity contribution < 1.29 is 22.7 Å². The van der Waals surface area contributed by atoms with Crippen LogP contribution in [0.3, 0.4) is 0 Å². The van der Waals surface area contributed by atoms with E-state index < -0.39 is 11.4 Å². The Morgan fingerprint density at radius 1 is 1.16 bits per heavy atom. The first-order valence-corrected chi connectivity index (χ1v) is 8.07. The summed E-state index contributed by atoms with van der Waals surface area (Å²) in [7, 11) is 0. The van der Waals surface area contributed by atoms with Gasteiger partial charge in [-0.3, -0.25) is 4.79 Å². The maximum atomic E-state index is 12.2. The van der Waals surface area contributed by atoms with Gasteiger partial charge in [-0.15, -0.1) is 0 Å². The zero-order valence-electron chi connectivity index (χ0n) is 12.6. The number of carbonyl (C=O) groups is 1. The fraction of sp³-hybridized carbons (Fsp3) is 0.125. The molecule has 0 aromatic heterocycles. The van der Waals surface area contributed by atoms with Gasteiger partial charge >= 0.3 is 5.51 Å². The van der Waals surface area contributed by atoms with Crippen molar-refractivity contribution in [2.45, 2.75) is 10.4 Å². The number of rotatable bonds is 6. The quantitative estimate of drug-likeness (QED) is 0.451. The topological polar surface area (TPSA) is 50.7 Å². The van der Waals surface area contributed by atoms with Crippen molar-refractivity contribution >= 4 is 35.5 Å². The number of amides is 1. The zero-order valence-corrected chi connectivity index (χ0v) is 14.2. The molecule has 25 heavy (non-hydrogen) atoms. The fourth-order valence-electron chi connectivity index (χ4n) is 1.65. The number of hydrogen-bond donors (Lipinski definition) is 1. The number of halogens is 4. The number of benzene rings is 2. The molecule has 9 heteroatoms. The highest BCUT2D eigenvalue weighted by atomic mass is 35.5. The summed E-state index contributed by atoms with van der Waals surface area (Å²) in [5, 5.41) is 4.35. The summed E-state index contributed by atoms with van der Waals surface area (Å²) in [5.74, 6) is -0.220. The third kappa shape index (κ3) is 7.49. The lowest BCUT2D eigenvalue weighted by molar-refractivity contribution is -0.123. The molecule has 0 unspecified atom stereocenters. The van der Waals surface area contributed by atoms with Gasteiger partial charge in [0, 0.05) is 9.92 Å². The summed E-state index contributed by atoms with van der Waals surface area (Å²) in [6.45, 7) is -0.316. The largest absolute Gasteiger partial charge is 0.484 e. The van der Waals surface area contributed by atoms with Crippen LogP contribution in [-0.4, -0.2) is 24.2 Å². The van der Waals surface area contributed by atoms with E-state index in [-0.39, 0.29) is 29.0 Å². The van der Waals surface area contributed by atoms with Crippen LogP contribution in [0, 0.1) is 0 Å². The van der Waals surface area contributed by atoms with Crippen molar-refractivity contribution in [2.75, 3.05) is 6.61 Å². The highest BCUT2D eigenvalue weighted by Gasteiger charge is 2.29. The van der Waals surface area contributed by atoms with Gasteiger partial charge in [0.2, 0.25) is 0 Å². The standard InChI is InChI=1S/C16H12ClF3N2O2S/c17-12-3-1-11(2-4-12)9-21-22-15(23)10-24-13-5-7-14(8-6-13)25-16(18,19)20/h1-9H,10H2,(H,22,23). The highest BCUT2D eigenvalue weighted by Crippen LogP contribution is 2.37. The molecular formula is C16H12ClF3N2O2S. The number of carbonyl (C=O) groups excluding carboxylic acids is 1. The molecule has 1 N–H and O–H groups in total. The molecule has 0 bridgehead atoms. The number of thioether (sulfide) groups is 1. The van der Waals surface area contributed by atoms with E-state index >= 15 is 0 Å². The van der Waals surface area contributed by atoms with Gasteiger partial charge in [-0.05, 0) is 53.7 Å². The Morgan fingerprint density at radius 3 is 2.40 bits per heavy atom. The Bertz CT molecular complexity index is 735. The lowest BCUT2D eigenvalue weighted by Crippen LogP contribution is -2.24. The smallest absolute Gasteiger partial charge is 0.446 e. The van der Waals surface area contributed by atoms with Gasteiger partial charge in [-0.25, -0.2) is 5.43 Å². The second-order valence-electron chi connectivity index (χ2n) is 4.65. The molecular weight excluding hydrogens is 377 g/mol. The number of hydrogen-bond acceptors (Lipinski definition) is 4. The summed E-state index contributed by atoms with van der Waals surface area (Å²) in [6, 6.07) is 12.1. The Balaban J connectivity index is 1.77. The van der Waals surface area contributed by atoms with Crippen LogP contribution in [0.4, 0.5) is 13.2 Å². The Kier molecular flexibility index (Phi) is 6.72. The normalized spacial score (nSPS) is 11.5. The van der Waals surface area contributed by atoms with E-state index in [4.69, 9.17) is 16.3 Å². The molecule has 0 aliphatic carbocycles. The first-order valence-electron chi connectivity index (χ1n) is 6.88. The number of ether oxygens (including phenoxy) is 1. The average molecular weight is 389 g/mol. The van der Waals surface area contributed by atoms with E-state index in [0.717, 1.165) is 5.56 Å². The summed E-state index contributed by atoms with van der Waals surface area (Å²) in [6.07, 6.45) is 1.44. The first kappa shape index (κ1) is 19.1. The van der Waals surface area contributed by atoms with Crippen molar-refractivity contribution in [1.29, 1.82) is 0 Å². The van der Waals surface area contributed by atoms with Crippen molar-refractivity contribution in [3.8, 4) is 5.75 Å². The zero-order chi connectivity index (χ0) is 18.3. The molecule has 0 radical (unpaired) electrons. The van der Waals surface area contributed by atoms with Gasteiger partial charge in [-0.1, -0.05) is 23.7 Å². The van der Waals surface area contributed by atoms with Crippen LogP contribution < -0.4 is 10.2 Å². The minimum Gasteiger partial charge on any atom is -0.484 e. The number of alkyl halides is 3. The maximum Gasteiger partial charge on any atom is 0.446 e. The Labute approximate surface area is 151 Å².